The van der Waals surface area contributed by atoms with E-state index in [0.717, 1.165) is 4.68 Å². The molecule has 1 heterocycles. The standard InChI is InChI=1S/C5H7N5/c1-10-3-2-5(8-10)4-7-9-6/h2-3H,4H2,1H3/i1D3. The van der Waals surface area contributed by atoms with Gasteiger partial charge in [-0.25, -0.2) is 0 Å². The number of rotatable bonds is 2. The lowest BCUT2D eigenvalue weighted by Crippen LogP contribution is -1.88. The highest BCUT2D eigenvalue weighted by Gasteiger charge is 1.91. The normalized spacial score (nSPS) is 14.6. The van der Waals surface area contributed by atoms with Gasteiger partial charge in [-0.15, -0.1) is 0 Å². The largest absolute Gasteiger partial charge is 0.276 e. The molecule has 0 amide bonds. The Morgan fingerprint density at radius 1 is 2.10 bits per heavy atom. The molecular formula is C5H7N5. The quantitative estimate of drug-likeness (QED) is 0.346. The van der Waals surface area contributed by atoms with Crippen LogP contribution in [0, 0.1) is 0 Å². The van der Waals surface area contributed by atoms with Crippen molar-refractivity contribution < 1.29 is 4.11 Å². The predicted octanol–water partition coefficient (Wildman–Crippen LogP) is 1.23. The minimum atomic E-state index is -2.27. The van der Waals surface area contributed by atoms with E-state index in [4.69, 9.17) is 9.64 Å². The summed E-state index contributed by atoms with van der Waals surface area (Å²) >= 11 is 0. The van der Waals surface area contributed by atoms with Gasteiger partial charge in [-0.2, -0.15) is 5.10 Å². The number of nitrogens with zero attached hydrogens (tertiary/aromatic N) is 5. The molecule has 0 saturated carbocycles. The summed E-state index contributed by atoms with van der Waals surface area (Å²) in [5.41, 5.74) is 8.45. The van der Waals surface area contributed by atoms with Gasteiger partial charge in [-0.05, 0) is 11.6 Å². The van der Waals surface area contributed by atoms with Crippen molar-refractivity contribution in [3.8, 4) is 0 Å². The van der Waals surface area contributed by atoms with E-state index in [1.807, 2.05) is 0 Å². The summed E-state index contributed by atoms with van der Waals surface area (Å²) in [7, 11) is 0. The molecule has 0 fully saturated rings. The average molecular weight is 140 g/mol. The van der Waals surface area contributed by atoms with Crippen LogP contribution in [-0.2, 0) is 13.5 Å². The summed E-state index contributed by atoms with van der Waals surface area (Å²) in [5, 5.41) is 6.97. The second-order valence-electron chi connectivity index (χ2n) is 1.64. The van der Waals surface area contributed by atoms with Gasteiger partial charge >= 0.3 is 0 Å². The Balaban J connectivity index is 2.80. The summed E-state index contributed by atoms with van der Waals surface area (Å²) in [6.07, 6.45) is 1.33. The van der Waals surface area contributed by atoms with Gasteiger partial charge in [-0.3, -0.25) is 4.68 Å². The summed E-state index contributed by atoms with van der Waals surface area (Å²) in [6.45, 7) is -2.20. The molecule has 0 N–H and O–H groups in total. The third-order valence-electron chi connectivity index (χ3n) is 0.940. The zero-order valence-electron chi connectivity index (χ0n) is 8.10. The maximum atomic E-state index is 8.01. The van der Waals surface area contributed by atoms with Crippen LogP contribution in [0.25, 0.3) is 10.4 Å². The van der Waals surface area contributed by atoms with Gasteiger partial charge in [0.25, 0.3) is 0 Å². The van der Waals surface area contributed by atoms with Crippen LogP contribution in [0.1, 0.15) is 9.81 Å². The lowest BCUT2D eigenvalue weighted by atomic mass is 10.4. The number of aryl methyl sites for hydroxylation is 1. The van der Waals surface area contributed by atoms with E-state index >= 15 is 0 Å². The molecule has 0 bridgehead atoms. The zero-order valence-corrected chi connectivity index (χ0v) is 5.10. The van der Waals surface area contributed by atoms with Crippen LogP contribution in [-0.4, -0.2) is 9.78 Å². The Bertz CT molecular complexity index is 334. The Kier molecular flexibility index (Phi) is 1.05. The van der Waals surface area contributed by atoms with Crippen molar-refractivity contribution in [2.45, 2.75) is 6.54 Å². The number of hydrogen-bond donors (Lipinski definition) is 0. The fourth-order valence-electron chi connectivity index (χ4n) is 0.550. The highest BCUT2D eigenvalue weighted by atomic mass is 15.3. The minimum absolute atomic E-state index is 0.0690. The molecule has 1 aromatic rings. The van der Waals surface area contributed by atoms with Crippen LogP contribution >= 0.6 is 0 Å². The van der Waals surface area contributed by atoms with Crippen molar-refractivity contribution in [2.24, 2.45) is 12.1 Å². The van der Waals surface area contributed by atoms with Gasteiger partial charge in [0.05, 0.1) is 12.2 Å². The molecule has 0 aromatic carbocycles. The van der Waals surface area contributed by atoms with Crippen LogP contribution in [0.5, 0.6) is 0 Å². The Labute approximate surface area is 62.1 Å². The first kappa shape index (κ1) is 3.63. The van der Waals surface area contributed by atoms with E-state index < -0.39 is 6.98 Å². The van der Waals surface area contributed by atoms with Crippen molar-refractivity contribution in [3.63, 3.8) is 0 Å². The van der Waals surface area contributed by atoms with Crippen molar-refractivity contribution in [3.05, 3.63) is 28.4 Å². The first-order valence-corrected chi connectivity index (χ1v) is 2.60. The fraction of sp³-hybridized carbons (Fsp3) is 0.400. The van der Waals surface area contributed by atoms with E-state index in [0.29, 0.717) is 5.69 Å². The third kappa shape index (κ3) is 1.50. The van der Waals surface area contributed by atoms with Crippen molar-refractivity contribution in [2.75, 3.05) is 0 Å². The van der Waals surface area contributed by atoms with Crippen molar-refractivity contribution in [1.29, 1.82) is 0 Å². The second kappa shape index (κ2) is 2.89. The molecule has 0 aliphatic heterocycles. The van der Waals surface area contributed by atoms with Crippen LogP contribution < -0.4 is 0 Å². The summed E-state index contributed by atoms with van der Waals surface area (Å²) < 4.78 is 21.8. The molecule has 0 radical (unpaired) electrons. The smallest absolute Gasteiger partial charge is 0.0702 e. The molecule has 0 aliphatic carbocycles. The molecule has 52 valence electrons. The molecule has 1 aromatic heterocycles. The highest BCUT2D eigenvalue weighted by molar-refractivity contribution is 4.97. The van der Waals surface area contributed by atoms with Gasteiger partial charge in [0.1, 0.15) is 0 Å². The Morgan fingerprint density at radius 3 is 3.60 bits per heavy atom. The monoisotopic (exact) mass is 140 g/mol. The van der Waals surface area contributed by atoms with Crippen molar-refractivity contribution in [1.82, 2.24) is 9.78 Å². The Hall–Kier alpha value is -1.48. The SMILES string of the molecule is [2H]C([2H])([2H])n1ccc(CN=[N+]=[N-])n1. The van der Waals surface area contributed by atoms with Gasteiger partial charge in [0, 0.05) is 22.2 Å². The molecule has 10 heavy (non-hydrogen) atoms. The fourth-order valence-corrected chi connectivity index (χ4v) is 0.550. The molecule has 5 nitrogen and oxygen atoms in total. The van der Waals surface area contributed by atoms with Crippen LogP contribution in [0.2, 0.25) is 0 Å². The lowest BCUT2D eigenvalue weighted by molar-refractivity contribution is 0.742. The van der Waals surface area contributed by atoms with E-state index in [-0.39, 0.29) is 6.54 Å². The molecule has 0 saturated heterocycles. The maximum Gasteiger partial charge on any atom is 0.0702 e. The number of hydrogen-bond acceptors (Lipinski definition) is 2. The van der Waals surface area contributed by atoms with E-state index in [1.165, 1.54) is 12.3 Å². The van der Waals surface area contributed by atoms with Gasteiger partial charge in [0.15, 0.2) is 0 Å². The Morgan fingerprint density at radius 2 is 3.00 bits per heavy atom. The average Bonchev–Trinajstić information content (AvgIpc) is 2.47. The highest BCUT2D eigenvalue weighted by Crippen LogP contribution is 1.95. The van der Waals surface area contributed by atoms with E-state index in [2.05, 4.69) is 15.1 Å². The van der Waals surface area contributed by atoms with Gasteiger partial charge in [-0.1, -0.05) is 5.11 Å². The molecule has 0 unspecified atom stereocenters. The van der Waals surface area contributed by atoms with Crippen LogP contribution in [0.3, 0.4) is 0 Å². The van der Waals surface area contributed by atoms with Crippen LogP contribution in [0.15, 0.2) is 17.4 Å². The zero-order chi connectivity index (χ0) is 9.90. The topological polar surface area (TPSA) is 66.6 Å². The molecule has 1 rings (SSSR count). The van der Waals surface area contributed by atoms with E-state index in [9.17, 15) is 0 Å². The predicted molar refractivity (Wildman–Crippen MR) is 36.1 cm³/mol. The van der Waals surface area contributed by atoms with Crippen LogP contribution in [0.4, 0.5) is 0 Å². The van der Waals surface area contributed by atoms with Crippen molar-refractivity contribution >= 4 is 0 Å². The van der Waals surface area contributed by atoms with E-state index in [1.54, 1.807) is 0 Å². The van der Waals surface area contributed by atoms with Gasteiger partial charge < -0.3 is 0 Å². The third-order valence-corrected chi connectivity index (χ3v) is 0.940. The molecule has 0 atom stereocenters. The first-order valence-electron chi connectivity index (χ1n) is 4.10. The number of azide groups is 1. The molecular weight excluding hydrogens is 130 g/mol. The lowest BCUT2D eigenvalue weighted by Gasteiger charge is -1.84. The maximum absolute atomic E-state index is 8.01. The first-order chi connectivity index (χ1) is 6.04. The molecule has 5 heteroatoms. The summed E-state index contributed by atoms with van der Waals surface area (Å²) in [6, 6.07) is 1.50. The number of aromatic nitrogens is 2. The summed E-state index contributed by atoms with van der Waals surface area (Å²) in [5.74, 6) is 0. The van der Waals surface area contributed by atoms with Gasteiger partial charge in [0.2, 0.25) is 0 Å². The second-order valence-corrected chi connectivity index (χ2v) is 1.64. The molecule has 0 spiro atoms. The molecule has 0 aliphatic rings. The summed E-state index contributed by atoms with van der Waals surface area (Å²) in [4.78, 5) is 2.54. The minimum Gasteiger partial charge on any atom is -0.276 e.